The van der Waals surface area contributed by atoms with Crippen molar-refractivity contribution in [3.63, 3.8) is 0 Å². The van der Waals surface area contributed by atoms with E-state index >= 15 is 0 Å². The van der Waals surface area contributed by atoms with E-state index in [-0.39, 0.29) is 22.9 Å². The number of nitro groups is 1. The summed E-state index contributed by atoms with van der Waals surface area (Å²) in [5, 5.41) is 17.9. The zero-order valence-corrected chi connectivity index (χ0v) is 15.7. The predicted octanol–water partition coefficient (Wildman–Crippen LogP) is 4.30. The monoisotopic (exact) mass is 432 g/mol. The highest BCUT2D eigenvalue weighted by Gasteiger charge is 2.17. The molecule has 7 nitrogen and oxygen atoms in total. The second-order valence-electron chi connectivity index (χ2n) is 5.86. The van der Waals surface area contributed by atoms with Crippen molar-refractivity contribution in [2.45, 2.75) is 13.5 Å². The number of nitro benzene ring substituents is 1. The molecule has 2 aromatic carbocycles. The van der Waals surface area contributed by atoms with Gasteiger partial charge in [0, 0.05) is 23.4 Å². The minimum Gasteiger partial charge on any atom is -0.304 e. The number of benzene rings is 2. The zero-order valence-electron chi connectivity index (χ0n) is 14.1. The van der Waals surface area contributed by atoms with Crippen LogP contribution >= 0.6 is 15.9 Å². The maximum atomic E-state index is 13.0. The van der Waals surface area contributed by atoms with Gasteiger partial charge in [-0.05, 0) is 46.6 Å². The van der Waals surface area contributed by atoms with Gasteiger partial charge in [-0.25, -0.2) is 4.39 Å². The van der Waals surface area contributed by atoms with Crippen LogP contribution in [0.4, 0.5) is 15.9 Å². The summed E-state index contributed by atoms with van der Waals surface area (Å²) in [6.45, 7) is 2.00. The van der Waals surface area contributed by atoms with E-state index in [1.54, 1.807) is 29.9 Å². The number of hydrogen-bond donors (Lipinski definition) is 1. The molecule has 0 aliphatic heterocycles. The quantitative estimate of drug-likeness (QED) is 0.480. The normalized spacial score (nSPS) is 10.6. The van der Waals surface area contributed by atoms with Crippen molar-refractivity contribution in [3.05, 3.63) is 85.8 Å². The molecule has 138 valence electrons. The molecule has 0 saturated carbocycles. The number of amides is 1. The Morgan fingerprint density at radius 3 is 2.67 bits per heavy atom. The lowest BCUT2D eigenvalue weighted by atomic mass is 10.1. The van der Waals surface area contributed by atoms with Gasteiger partial charge in [0.05, 0.1) is 15.9 Å². The molecule has 3 rings (SSSR count). The fourth-order valence-corrected chi connectivity index (χ4v) is 2.88. The molecule has 0 spiro atoms. The van der Waals surface area contributed by atoms with Crippen molar-refractivity contribution in [1.29, 1.82) is 0 Å². The van der Waals surface area contributed by atoms with Crippen molar-refractivity contribution in [3.8, 4) is 0 Å². The number of halogens is 2. The lowest BCUT2D eigenvalue weighted by Gasteiger charge is -2.05. The number of aryl methyl sites for hydroxylation is 1. The van der Waals surface area contributed by atoms with Gasteiger partial charge in [0.25, 0.3) is 11.6 Å². The number of aromatic nitrogens is 2. The molecule has 0 aliphatic carbocycles. The van der Waals surface area contributed by atoms with E-state index < -0.39 is 10.8 Å². The van der Waals surface area contributed by atoms with Gasteiger partial charge in [-0.3, -0.25) is 19.6 Å². The number of hydrogen-bond acceptors (Lipinski definition) is 4. The van der Waals surface area contributed by atoms with Gasteiger partial charge in [-0.2, -0.15) is 5.10 Å². The van der Waals surface area contributed by atoms with E-state index in [1.807, 2.05) is 0 Å². The molecule has 0 unspecified atom stereocenters. The summed E-state index contributed by atoms with van der Waals surface area (Å²) < 4.78 is 15.1. The Morgan fingerprint density at radius 1 is 1.30 bits per heavy atom. The van der Waals surface area contributed by atoms with Crippen molar-refractivity contribution in [1.82, 2.24) is 9.78 Å². The molecule has 0 saturated heterocycles. The van der Waals surface area contributed by atoms with Gasteiger partial charge >= 0.3 is 0 Å². The van der Waals surface area contributed by atoms with Crippen molar-refractivity contribution in [2.75, 3.05) is 5.32 Å². The van der Waals surface area contributed by atoms with Crippen LogP contribution in [0.2, 0.25) is 0 Å². The van der Waals surface area contributed by atoms with Crippen molar-refractivity contribution >= 4 is 33.3 Å². The Kier molecular flexibility index (Phi) is 5.31. The molecule has 0 fully saturated rings. The van der Waals surface area contributed by atoms with E-state index in [1.165, 1.54) is 30.3 Å². The molecular weight excluding hydrogens is 419 g/mol. The average Bonchev–Trinajstić information content (AvgIpc) is 2.96. The summed E-state index contributed by atoms with van der Waals surface area (Å²) in [4.78, 5) is 22.9. The highest BCUT2D eigenvalue weighted by molar-refractivity contribution is 9.10. The predicted molar refractivity (Wildman–Crippen MR) is 101 cm³/mol. The maximum absolute atomic E-state index is 13.0. The largest absolute Gasteiger partial charge is 0.304 e. The summed E-state index contributed by atoms with van der Waals surface area (Å²) in [5.74, 6) is -0.545. The molecule has 1 amide bonds. The summed E-state index contributed by atoms with van der Waals surface area (Å²) >= 11 is 3.33. The lowest BCUT2D eigenvalue weighted by Crippen LogP contribution is -2.13. The van der Waals surface area contributed by atoms with Gasteiger partial charge in [0.2, 0.25) is 0 Å². The molecular formula is C18H14BrFN4O3. The Labute approximate surface area is 162 Å². The van der Waals surface area contributed by atoms with E-state index in [0.29, 0.717) is 16.6 Å². The van der Waals surface area contributed by atoms with E-state index in [4.69, 9.17) is 0 Å². The molecule has 3 aromatic rings. The number of rotatable bonds is 5. The summed E-state index contributed by atoms with van der Waals surface area (Å²) in [5.41, 5.74) is 1.36. The third-order valence-electron chi connectivity index (χ3n) is 3.87. The summed E-state index contributed by atoms with van der Waals surface area (Å²) in [6, 6.07) is 10.3. The van der Waals surface area contributed by atoms with Crippen LogP contribution in [-0.4, -0.2) is 20.6 Å². The fourth-order valence-electron chi connectivity index (χ4n) is 2.47. The number of nitrogens with one attached hydrogen (secondary N) is 1. The minimum absolute atomic E-state index is 0.122. The maximum Gasteiger partial charge on any atom is 0.273 e. The van der Waals surface area contributed by atoms with Crippen LogP contribution in [0.15, 0.2) is 53.1 Å². The fraction of sp³-hybridized carbons (Fsp3) is 0.111. The van der Waals surface area contributed by atoms with Gasteiger partial charge in [0.15, 0.2) is 5.82 Å². The van der Waals surface area contributed by atoms with Gasteiger partial charge in [-0.1, -0.05) is 18.2 Å². The first kappa shape index (κ1) is 18.7. The summed E-state index contributed by atoms with van der Waals surface area (Å²) in [7, 11) is 0. The molecule has 0 bridgehead atoms. The van der Waals surface area contributed by atoms with Gasteiger partial charge < -0.3 is 5.32 Å². The van der Waals surface area contributed by atoms with E-state index in [0.717, 1.165) is 5.56 Å². The Balaban J connectivity index is 1.77. The highest BCUT2D eigenvalue weighted by atomic mass is 79.9. The van der Waals surface area contributed by atoms with Gasteiger partial charge in [0.1, 0.15) is 5.82 Å². The molecule has 0 atom stereocenters. The van der Waals surface area contributed by atoms with E-state index in [2.05, 4.69) is 26.3 Å². The Hall–Kier alpha value is -3.07. The number of anilines is 1. The zero-order chi connectivity index (χ0) is 19.6. The first-order valence-corrected chi connectivity index (χ1v) is 8.66. The van der Waals surface area contributed by atoms with Crippen LogP contribution in [0.1, 0.15) is 21.5 Å². The SMILES string of the molecule is Cc1ccc(C(=O)Nc2nn(Cc3ccc(F)cc3)cc2Br)cc1[N+](=O)[O-]. The molecule has 27 heavy (non-hydrogen) atoms. The number of nitrogens with zero attached hydrogens (tertiary/aromatic N) is 3. The molecule has 9 heteroatoms. The van der Waals surface area contributed by atoms with Crippen molar-refractivity contribution in [2.24, 2.45) is 0 Å². The van der Waals surface area contributed by atoms with Crippen LogP contribution in [0.3, 0.4) is 0 Å². The standard InChI is InChI=1S/C18H14BrFN4O3/c1-11-2-5-13(8-16(11)24(26)27)18(25)21-17-15(19)10-23(22-17)9-12-3-6-14(20)7-4-12/h2-8,10H,9H2,1H3,(H,21,22,25). The third kappa shape index (κ3) is 4.37. The molecule has 1 aromatic heterocycles. The second-order valence-corrected chi connectivity index (χ2v) is 6.72. The number of carbonyl (C=O) groups is 1. The van der Waals surface area contributed by atoms with Crippen LogP contribution in [0.5, 0.6) is 0 Å². The molecule has 1 heterocycles. The van der Waals surface area contributed by atoms with Crippen LogP contribution in [0.25, 0.3) is 0 Å². The Morgan fingerprint density at radius 2 is 2.00 bits per heavy atom. The molecule has 0 radical (unpaired) electrons. The topological polar surface area (TPSA) is 90.1 Å². The summed E-state index contributed by atoms with van der Waals surface area (Å²) in [6.07, 6.45) is 1.68. The first-order valence-electron chi connectivity index (χ1n) is 7.87. The first-order chi connectivity index (χ1) is 12.8. The van der Waals surface area contributed by atoms with E-state index in [9.17, 15) is 19.3 Å². The smallest absolute Gasteiger partial charge is 0.273 e. The van der Waals surface area contributed by atoms with Crippen LogP contribution < -0.4 is 5.32 Å². The molecule has 1 N–H and O–H groups in total. The minimum atomic E-state index is -0.528. The Bertz CT molecular complexity index is 1020. The number of carbonyl (C=O) groups excluding carboxylic acids is 1. The van der Waals surface area contributed by atoms with Crippen LogP contribution in [-0.2, 0) is 6.54 Å². The van der Waals surface area contributed by atoms with Gasteiger partial charge in [-0.15, -0.1) is 0 Å². The molecule has 0 aliphatic rings. The second kappa shape index (κ2) is 7.67. The lowest BCUT2D eigenvalue weighted by molar-refractivity contribution is -0.385. The van der Waals surface area contributed by atoms with Crippen LogP contribution in [0, 0.1) is 22.9 Å². The highest BCUT2D eigenvalue weighted by Crippen LogP contribution is 2.23. The average molecular weight is 433 g/mol. The van der Waals surface area contributed by atoms with Crippen molar-refractivity contribution < 1.29 is 14.1 Å². The third-order valence-corrected chi connectivity index (χ3v) is 4.46.